The molecule has 0 saturated carbocycles. The Kier molecular flexibility index (Phi) is 7.62. The Morgan fingerprint density at radius 2 is 1.94 bits per heavy atom. The summed E-state index contributed by atoms with van der Waals surface area (Å²) in [5.41, 5.74) is 1.15. The highest BCUT2D eigenvalue weighted by Gasteiger charge is 2.10. The third-order valence-electron chi connectivity index (χ3n) is 2.96. The molecule has 1 aromatic carbocycles. The van der Waals surface area contributed by atoms with Gasteiger partial charge in [-0.15, -0.1) is 0 Å². The summed E-state index contributed by atoms with van der Waals surface area (Å²) in [6.07, 6.45) is 3.42. The first kappa shape index (κ1) is 15.1. The number of benzene rings is 1. The minimum absolute atomic E-state index is 0.178. The van der Waals surface area contributed by atoms with Crippen LogP contribution in [0.25, 0.3) is 0 Å². The highest BCUT2D eigenvalue weighted by Crippen LogP contribution is 2.19. The van der Waals surface area contributed by atoms with Crippen LogP contribution in [-0.2, 0) is 4.74 Å². The molecule has 0 aliphatic carbocycles. The second-order valence-corrected chi connectivity index (χ2v) is 4.40. The molecule has 18 heavy (non-hydrogen) atoms. The third kappa shape index (κ3) is 5.61. The van der Waals surface area contributed by atoms with Crippen LogP contribution in [0.2, 0.25) is 0 Å². The van der Waals surface area contributed by atoms with Gasteiger partial charge in [0.2, 0.25) is 0 Å². The molecule has 1 aromatic rings. The zero-order valence-electron chi connectivity index (χ0n) is 11.4. The first-order chi connectivity index (χ1) is 8.77. The van der Waals surface area contributed by atoms with Gasteiger partial charge in [-0.2, -0.15) is 0 Å². The van der Waals surface area contributed by atoms with E-state index in [2.05, 4.69) is 12.2 Å². The Morgan fingerprint density at radius 1 is 1.22 bits per heavy atom. The summed E-state index contributed by atoms with van der Waals surface area (Å²) in [6.45, 7) is 6.48. The number of hydrogen-bond donors (Lipinski definition) is 1. The van der Waals surface area contributed by atoms with Crippen molar-refractivity contribution in [2.75, 3.05) is 19.8 Å². The van der Waals surface area contributed by atoms with Gasteiger partial charge in [-0.1, -0.05) is 31.9 Å². The van der Waals surface area contributed by atoms with Crippen LogP contribution in [0.4, 0.5) is 4.39 Å². The smallest absolute Gasteiger partial charge is 0.123 e. The molecule has 0 amide bonds. The fraction of sp³-hybridized carbons (Fsp3) is 0.600. The molecule has 1 rings (SSSR count). The molecule has 0 fully saturated rings. The summed E-state index contributed by atoms with van der Waals surface area (Å²) >= 11 is 0. The molecular weight excluding hydrogens is 229 g/mol. The summed E-state index contributed by atoms with van der Waals surface area (Å²) < 4.78 is 18.2. The predicted octanol–water partition coefficient (Wildman–Crippen LogP) is 3.68. The van der Waals surface area contributed by atoms with E-state index < -0.39 is 0 Å². The molecule has 102 valence electrons. The van der Waals surface area contributed by atoms with Crippen LogP contribution in [0.15, 0.2) is 24.3 Å². The average molecular weight is 253 g/mol. The van der Waals surface area contributed by atoms with E-state index in [1.165, 1.54) is 25.0 Å². The van der Waals surface area contributed by atoms with Crippen molar-refractivity contribution >= 4 is 0 Å². The van der Waals surface area contributed by atoms with Gasteiger partial charge in [-0.25, -0.2) is 4.39 Å². The quantitative estimate of drug-likeness (QED) is 0.678. The van der Waals surface area contributed by atoms with Crippen molar-refractivity contribution in [2.45, 2.75) is 39.2 Å². The zero-order valence-corrected chi connectivity index (χ0v) is 11.4. The topological polar surface area (TPSA) is 21.3 Å². The van der Waals surface area contributed by atoms with Gasteiger partial charge in [0.15, 0.2) is 0 Å². The highest BCUT2D eigenvalue weighted by molar-refractivity contribution is 5.19. The summed E-state index contributed by atoms with van der Waals surface area (Å²) in [5, 5.41) is 3.48. The van der Waals surface area contributed by atoms with E-state index in [1.807, 2.05) is 19.1 Å². The van der Waals surface area contributed by atoms with Crippen LogP contribution < -0.4 is 5.32 Å². The zero-order chi connectivity index (χ0) is 13.2. The van der Waals surface area contributed by atoms with Crippen molar-refractivity contribution < 1.29 is 9.13 Å². The molecule has 2 nitrogen and oxygen atoms in total. The second-order valence-electron chi connectivity index (χ2n) is 4.40. The number of rotatable bonds is 9. The summed E-state index contributed by atoms with van der Waals surface area (Å²) in [5.74, 6) is -0.178. The van der Waals surface area contributed by atoms with Gasteiger partial charge in [-0.3, -0.25) is 0 Å². The molecule has 0 heterocycles. The van der Waals surface area contributed by atoms with Crippen LogP contribution >= 0.6 is 0 Å². The lowest BCUT2D eigenvalue weighted by Crippen LogP contribution is -2.25. The van der Waals surface area contributed by atoms with Crippen LogP contribution in [0.1, 0.15) is 44.7 Å². The number of halogens is 1. The third-order valence-corrected chi connectivity index (χ3v) is 2.96. The Morgan fingerprint density at radius 3 is 2.56 bits per heavy atom. The van der Waals surface area contributed by atoms with Gasteiger partial charge in [0.05, 0.1) is 6.61 Å². The predicted molar refractivity (Wildman–Crippen MR) is 73.2 cm³/mol. The van der Waals surface area contributed by atoms with E-state index in [9.17, 15) is 4.39 Å². The molecular formula is C15H24FNO. The standard InChI is InChI=1S/C15H24FNO/c1-3-5-6-15(17-11-12-18-4-2)13-7-9-14(16)10-8-13/h7-10,15,17H,3-6,11-12H2,1-2H3. The van der Waals surface area contributed by atoms with Crippen molar-refractivity contribution in [3.05, 3.63) is 35.6 Å². The van der Waals surface area contributed by atoms with E-state index in [4.69, 9.17) is 4.74 Å². The van der Waals surface area contributed by atoms with Crippen molar-refractivity contribution in [3.8, 4) is 0 Å². The molecule has 1 unspecified atom stereocenters. The van der Waals surface area contributed by atoms with Crippen LogP contribution in [0.3, 0.4) is 0 Å². The maximum Gasteiger partial charge on any atom is 0.123 e. The summed E-state index contributed by atoms with van der Waals surface area (Å²) in [7, 11) is 0. The van der Waals surface area contributed by atoms with E-state index in [1.54, 1.807) is 0 Å². The average Bonchev–Trinajstić information content (AvgIpc) is 2.39. The van der Waals surface area contributed by atoms with Crippen molar-refractivity contribution in [2.24, 2.45) is 0 Å². The maximum absolute atomic E-state index is 12.9. The molecule has 1 atom stereocenters. The highest BCUT2D eigenvalue weighted by atomic mass is 19.1. The van der Waals surface area contributed by atoms with Gasteiger partial charge < -0.3 is 10.1 Å². The Bertz CT molecular complexity index is 313. The van der Waals surface area contributed by atoms with Crippen molar-refractivity contribution in [1.29, 1.82) is 0 Å². The lowest BCUT2D eigenvalue weighted by atomic mass is 10.0. The molecule has 0 bridgehead atoms. The Balaban J connectivity index is 2.51. The second kappa shape index (κ2) is 9.06. The van der Waals surface area contributed by atoms with E-state index in [0.717, 1.165) is 31.7 Å². The minimum Gasteiger partial charge on any atom is -0.380 e. The molecule has 3 heteroatoms. The minimum atomic E-state index is -0.178. The fourth-order valence-electron chi connectivity index (χ4n) is 1.94. The van der Waals surface area contributed by atoms with Crippen LogP contribution in [0, 0.1) is 5.82 Å². The van der Waals surface area contributed by atoms with Gasteiger partial charge in [-0.05, 0) is 31.0 Å². The molecule has 0 aliphatic heterocycles. The Labute approximate surface area is 110 Å². The van der Waals surface area contributed by atoms with Crippen LogP contribution in [-0.4, -0.2) is 19.8 Å². The largest absolute Gasteiger partial charge is 0.380 e. The summed E-state index contributed by atoms with van der Waals surface area (Å²) in [6, 6.07) is 7.08. The lowest BCUT2D eigenvalue weighted by Gasteiger charge is -2.19. The molecule has 0 saturated heterocycles. The van der Waals surface area contributed by atoms with Gasteiger partial charge >= 0.3 is 0 Å². The van der Waals surface area contributed by atoms with Crippen molar-refractivity contribution in [1.82, 2.24) is 5.32 Å². The van der Waals surface area contributed by atoms with Crippen LogP contribution in [0.5, 0.6) is 0 Å². The van der Waals surface area contributed by atoms with Gasteiger partial charge in [0.25, 0.3) is 0 Å². The Hall–Kier alpha value is -0.930. The van der Waals surface area contributed by atoms with Gasteiger partial charge in [0.1, 0.15) is 5.82 Å². The molecule has 1 N–H and O–H groups in total. The van der Waals surface area contributed by atoms with Crippen molar-refractivity contribution in [3.63, 3.8) is 0 Å². The van der Waals surface area contributed by atoms with Gasteiger partial charge in [0, 0.05) is 19.2 Å². The molecule has 0 radical (unpaired) electrons. The molecule has 0 aromatic heterocycles. The number of ether oxygens (including phenoxy) is 1. The van der Waals surface area contributed by atoms with E-state index >= 15 is 0 Å². The summed E-state index contributed by atoms with van der Waals surface area (Å²) in [4.78, 5) is 0. The molecule has 0 spiro atoms. The monoisotopic (exact) mass is 253 g/mol. The number of unbranched alkanes of at least 4 members (excludes halogenated alkanes) is 1. The first-order valence-corrected chi connectivity index (χ1v) is 6.84. The number of hydrogen-bond acceptors (Lipinski definition) is 2. The molecule has 0 aliphatic rings. The normalized spacial score (nSPS) is 12.6. The lowest BCUT2D eigenvalue weighted by molar-refractivity contribution is 0.146. The SMILES string of the molecule is CCCCC(NCCOCC)c1ccc(F)cc1. The fourth-order valence-corrected chi connectivity index (χ4v) is 1.94. The number of nitrogens with one attached hydrogen (secondary N) is 1. The van der Waals surface area contributed by atoms with E-state index in [0.29, 0.717) is 6.04 Å². The van der Waals surface area contributed by atoms with E-state index in [-0.39, 0.29) is 5.82 Å². The maximum atomic E-state index is 12.9. The first-order valence-electron chi connectivity index (χ1n) is 6.84.